The Kier molecular flexibility index (Phi) is 35.0. The molecule has 0 unspecified atom stereocenters. The van der Waals surface area contributed by atoms with Gasteiger partial charge in [-0.1, -0.05) is 5.92 Å². The molecule has 0 aliphatic carbocycles. The molecule has 0 amide bonds. The number of aliphatic hydroxyl groups is 1. The molecule has 0 saturated carbocycles. The number of rotatable bonds is 2. The van der Waals surface area contributed by atoms with Gasteiger partial charge in [-0.05, 0) is 24.3 Å². The predicted molar refractivity (Wildman–Crippen MR) is 65.0 cm³/mol. The Morgan fingerprint density at radius 3 is 1.58 bits per heavy atom. The van der Waals surface area contributed by atoms with Gasteiger partial charge >= 0.3 is 75.6 Å². The Labute approximate surface area is 163 Å². The van der Waals surface area contributed by atoms with E-state index < -0.39 is 16.5 Å². The minimum absolute atomic E-state index is 0. The fraction of sp³-hybridized carbons (Fsp3) is 0.857. The molecule has 1 aliphatic rings. The average molecular weight is 353 g/mol. The van der Waals surface area contributed by atoms with Gasteiger partial charge < -0.3 is 5.11 Å². The molecule has 0 aromatic heterocycles. The molecule has 0 atom stereocenters. The molecule has 1 heterocycles. The summed E-state index contributed by atoms with van der Waals surface area (Å²) in [4.78, 5) is 28.5. The third-order valence-corrected chi connectivity index (χ3v) is 2.83. The smallest absolute Gasteiger partial charge is 0.566 e. The minimum atomic E-state index is -2.87. The van der Waals surface area contributed by atoms with Crippen LogP contribution < -0.4 is 59.1 Å². The van der Waals surface area contributed by atoms with Crippen LogP contribution in [0, 0.1) is 12.5 Å². The molecule has 1 saturated heterocycles. The van der Waals surface area contributed by atoms with Crippen LogP contribution in [0.2, 0.25) is 0 Å². The van der Waals surface area contributed by atoms with Crippen LogP contribution in [0.1, 0.15) is 19.3 Å². The summed E-state index contributed by atoms with van der Waals surface area (Å²) in [6, 6.07) is 0. The second-order valence-electron chi connectivity index (χ2n) is 2.98. The summed E-state index contributed by atoms with van der Waals surface area (Å²) < 4.78 is 17.4. The third kappa shape index (κ3) is 38.4. The Balaban J connectivity index is -0.0000000975. The van der Waals surface area contributed by atoms with E-state index in [4.69, 9.17) is 33.8 Å². The molecule has 102 valence electrons. The van der Waals surface area contributed by atoms with Gasteiger partial charge in [-0.2, -0.15) is 18.2 Å². The van der Waals surface area contributed by atoms with Crippen molar-refractivity contribution >= 4 is 28.3 Å². The first kappa shape index (κ1) is 29.4. The van der Waals surface area contributed by atoms with Gasteiger partial charge in [-0.3, -0.25) is 0 Å². The van der Waals surface area contributed by atoms with Crippen molar-refractivity contribution in [3.05, 3.63) is 6.61 Å². The van der Waals surface area contributed by atoms with Crippen LogP contribution in [0.15, 0.2) is 0 Å². The second kappa shape index (κ2) is 22.6. The van der Waals surface area contributed by atoms with Crippen LogP contribution in [0.5, 0.6) is 0 Å². The summed E-state index contributed by atoms with van der Waals surface area (Å²) in [5.41, 5.74) is 0. The van der Waals surface area contributed by atoms with Crippen LogP contribution in [0.4, 0.5) is 0 Å². The van der Waals surface area contributed by atoms with Gasteiger partial charge in [0.1, 0.15) is 0 Å². The molecule has 0 aromatic rings. The van der Waals surface area contributed by atoms with E-state index in [2.05, 4.69) is 0 Å². The van der Waals surface area contributed by atoms with Crippen molar-refractivity contribution < 1.29 is 92.9 Å². The van der Waals surface area contributed by atoms with Crippen LogP contribution in [-0.2, 0) is 9.13 Å². The van der Waals surface area contributed by atoms with E-state index in [0.29, 0.717) is 0 Å². The van der Waals surface area contributed by atoms with E-state index in [0.717, 1.165) is 12.3 Å². The normalized spacial score (nSPS) is 13.3. The molecular formula is C7H17Na2O7P2S+3. The predicted octanol–water partition coefficient (Wildman–Crippen LogP) is -4.68. The summed E-state index contributed by atoms with van der Waals surface area (Å²) in [7, 11) is -5.74. The summed E-state index contributed by atoms with van der Waals surface area (Å²) in [5, 5.41) is 8.49. The van der Waals surface area contributed by atoms with Gasteiger partial charge in [0.15, 0.2) is 0 Å². The minimum Gasteiger partial charge on any atom is -0.566 e. The molecule has 19 heavy (non-hydrogen) atoms. The second-order valence-corrected chi connectivity index (χ2v) is 5.22. The van der Waals surface area contributed by atoms with Gasteiger partial charge in [0.05, 0.1) is 0 Å². The summed E-state index contributed by atoms with van der Waals surface area (Å²) in [6.45, 7) is 1.31. The van der Waals surface area contributed by atoms with Gasteiger partial charge in [0.25, 0.3) is 0 Å². The molecule has 0 aromatic carbocycles. The van der Waals surface area contributed by atoms with E-state index in [1.54, 1.807) is 0 Å². The largest absolute Gasteiger partial charge is 1.00 e. The molecule has 1 rings (SSSR count). The van der Waals surface area contributed by atoms with Crippen molar-refractivity contribution in [2.45, 2.75) is 19.3 Å². The van der Waals surface area contributed by atoms with Gasteiger partial charge in [0.2, 0.25) is 0 Å². The molecule has 7 nitrogen and oxygen atoms in total. The van der Waals surface area contributed by atoms with Crippen molar-refractivity contribution in [2.75, 3.05) is 11.5 Å². The van der Waals surface area contributed by atoms with Crippen molar-refractivity contribution in [3.8, 4) is 0 Å². The van der Waals surface area contributed by atoms with Gasteiger partial charge in [-0.25, -0.2) is 6.61 Å². The molecule has 12 heteroatoms. The average Bonchev–Trinajstić information content (AvgIpc) is 2.18. The molecular weight excluding hydrogens is 336 g/mol. The zero-order chi connectivity index (χ0) is 13.7. The molecule has 1 aliphatic heterocycles. The zero-order valence-corrected chi connectivity index (χ0v) is 17.7. The summed E-state index contributed by atoms with van der Waals surface area (Å²) >= 11 is 2.03. The number of aliphatic hydroxyl groups excluding tert-OH is 1. The number of hydrogen-bond donors (Lipinski definition) is 5. The topological polar surface area (TPSA) is 135 Å². The van der Waals surface area contributed by atoms with Crippen molar-refractivity contribution in [1.82, 2.24) is 0 Å². The maximum Gasteiger partial charge on any atom is 1.00 e. The van der Waals surface area contributed by atoms with Crippen LogP contribution >= 0.6 is 28.3 Å². The Morgan fingerprint density at radius 2 is 1.32 bits per heavy atom. The van der Waals surface area contributed by atoms with Crippen LogP contribution in [0.3, 0.4) is 0 Å². The monoisotopic (exact) mass is 353 g/mol. The number of hydrogen-bond acceptors (Lipinski definition) is 4. The molecule has 1 fully saturated rings. The number of thioether (sulfide) groups is 1. The first-order valence-electron chi connectivity index (χ1n) is 4.63. The van der Waals surface area contributed by atoms with Crippen LogP contribution in [-0.4, -0.2) is 36.2 Å². The van der Waals surface area contributed by atoms with Crippen molar-refractivity contribution in [1.29, 1.82) is 0 Å². The van der Waals surface area contributed by atoms with Crippen molar-refractivity contribution in [2.24, 2.45) is 5.92 Å². The Morgan fingerprint density at radius 1 is 1.00 bits per heavy atom. The third-order valence-electron chi connectivity index (χ3n) is 1.78. The van der Waals surface area contributed by atoms with E-state index in [-0.39, 0.29) is 59.1 Å². The zero-order valence-electron chi connectivity index (χ0n) is 11.0. The maximum atomic E-state index is 8.70. The van der Waals surface area contributed by atoms with Crippen molar-refractivity contribution in [3.63, 3.8) is 0 Å². The fourth-order valence-electron chi connectivity index (χ4n) is 1.13. The first-order chi connectivity index (χ1) is 7.90. The van der Waals surface area contributed by atoms with Gasteiger partial charge in [0, 0.05) is 9.13 Å². The van der Waals surface area contributed by atoms with Gasteiger partial charge in [-0.15, -0.1) is 19.6 Å². The summed E-state index contributed by atoms with van der Waals surface area (Å²) in [6.07, 6.45) is 3.49. The fourth-order valence-corrected chi connectivity index (χ4v) is 2.34. The molecule has 0 spiro atoms. The Hall–Kier alpha value is 2.35. The molecule has 0 bridgehead atoms. The quantitative estimate of drug-likeness (QED) is 0.190. The SMILES string of the molecule is O=[P+](O)O.O=[P+](O)O.O[CH-]CC1CCSCC1.[Na+].[Na+]. The first-order valence-corrected chi connectivity index (χ1v) is 8.12. The standard InChI is InChI=1S/C7H13OS.2Na.2HO3P/c8-4-1-7-2-5-9-6-3-7;;;2*1-4(2)3/h4,7-8H,1-3,5-6H2;;;2*(H-,1,2,3)/q-1;2*+1;;/p+2. The van der Waals surface area contributed by atoms with E-state index >= 15 is 0 Å². The molecule has 5 N–H and O–H groups in total. The van der Waals surface area contributed by atoms with E-state index in [1.165, 1.54) is 31.0 Å². The van der Waals surface area contributed by atoms with Crippen LogP contribution in [0.25, 0.3) is 0 Å². The van der Waals surface area contributed by atoms with E-state index in [1.807, 2.05) is 11.8 Å². The van der Waals surface area contributed by atoms with E-state index in [9.17, 15) is 0 Å². The Bertz CT molecular complexity index is 197. The summed E-state index contributed by atoms with van der Waals surface area (Å²) in [5.74, 6) is 3.35. The molecule has 0 radical (unpaired) electrons. The maximum absolute atomic E-state index is 8.70.